The summed E-state index contributed by atoms with van der Waals surface area (Å²) in [6.07, 6.45) is -2.64. The Morgan fingerprint density at radius 2 is 2.21 bits per heavy atom. The van der Waals surface area contributed by atoms with Crippen LogP contribution in [0.4, 0.5) is 8.78 Å². The molecule has 0 saturated heterocycles. The van der Waals surface area contributed by atoms with Gasteiger partial charge in [-0.3, -0.25) is 4.98 Å². The van der Waals surface area contributed by atoms with E-state index in [1.807, 2.05) is 0 Å². The zero-order chi connectivity index (χ0) is 10.7. The Kier molecular flexibility index (Phi) is 3.95. The number of hydrogen-bond donors (Lipinski definition) is 1. The van der Waals surface area contributed by atoms with Crippen LogP contribution < -0.4 is 0 Å². The van der Waals surface area contributed by atoms with Crippen molar-refractivity contribution in [1.29, 1.82) is 0 Å². The normalized spacial score (nSPS) is 11.0. The molecule has 1 N–H and O–H groups in total. The van der Waals surface area contributed by atoms with Crippen molar-refractivity contribution in [1.82, 2.24) is 4.98 Å². The van der Waals surface area contributed by atoms with Gasteiger partial charge in [-0.1, -0.05) is 15.9 Å². The second-order valence-corrected chi connectivity index (χ2v) is 3.45. The monoisotopic (exact) mass is 265 g/mol. The van der Waals surface area contributed by atoms with Gasteiger partial charge < -0.3 is 5.11 Å². The molecule has 0 aliphatic rings. The molecule has 0 atom stereocenters. The molecule has 0 radical (unpaired) electrons. The average Bonchev–Trinajstić information content (AvgIpc) is 2.16. The van der Waals surface area contributed by atoms with Gasteiger partial charge in [-0.15, -0.1) is 0 Å². The maximum absolute atomic E-state index is 12.5. The van der Waals surface area contributed by atoms with Crippen molar-refractivity contribution in [3.05, 3.63) is 28.6 Å². The fraction of sp³-hybridized carbons (Fsp3) is 0.444. The number of hydrogen-bond acceptors (Lipinski definition) is 2. The number of aliphatic hydroxyl groups is 1. The second-order valence-electron chi connectivity index (χ2n) is 2.89. The highest BCUT2D eigenvalue weighted by Crippen LogP contribution is 2.24. The van der Waals surface area contributed by atoms with Gasteiger partial charge in [0.15, 0.2) is 0 Å². The van der Waals surface area contributed by atoms with Crippen LogP contribution in [0.5, 0.6) is 0 Å². The zero-order valence-corrected chi connectivity index (χ0v) is 9.18. The molecular weight excluding hydrogens is 256 g/mol. The minimum absolute atomic E-state index is 0.227. The molecule has 0 aromatic carbocycles. The Hall–Kier alpha value is -0.550. The molecule has 0 fully saturated rings. The van der Waals surface area contributed by atoms with E-state index < -0.39 is 13.0 Å². The van der Waals surface area contributed by atoms with Crippen LogP contribution >= 0.6 is 15.9 Å². The standard InChI is InChI=1S/C9H10BrF2NO/c1-5-2-6(3-10)13-8(9(11)12)7(5)4-14/h2,9,14H,3-4H2,1H3. The molecule has 0 bridgehead atoms. The highest BCUT2D eigenvalue weighted by Gasteiger charge is 2.17. The van der Waals surface area contributed by atoms with Gasteiger partial charge in [0.2, 0.25) is 0 Å². The number of aryl methyl sites for hydroxylation is 1. The minimum atomic E-state index is -2.64. The highest BCUT2D eigenvalue weighted by molar-refractivity contribution is 9.08. The first kappa shape index (κ1) is 11.5. The summed E-state index contributed by atoms with van der Waals surface area (Å²) in [5, 5.41) is 9.36. The predicted octanol–water partition coefficient (Wildman–Crippen LogP) is 2.71. The number of nitrogens with zero attached hydrogens (tertiary/aromatic N) is 1. The number of pyridine rings is 1. The van der Waals surface area contributed by atoms with Crippen molar-refractivity contribution in [2.45, 2.75) is 25.3 Å². The van der Waals surface area contributed by atoms with Crippen LogP contribution in [0.3, 0.4) is 0 Å². The summed E-state index contributed by atoms with van der Waals surface area (Å²) in [7, 11) is 0. The van der Waals surface area contributed by atoms with Crippen molar-refractivity contribution in [3.63, 3.8) is 0 Å². The van der Waals surface area contributed by atoms with Crippen molar-refractivity contribution >= 4 is 15.9 Å². The maximum Gasteiger partial charge on any atom is 0.280 e. The molecule has 14 heavy (non-hydrogen) atoms. The molecule has 1 aromatic rings. The first-order chi connectivity index (χ1) is 6.60. The SMILES string of the molecule is Cc1cc(CBr)nc(C(F)F)c1CO. The summed E-state index contributed by atoms with van der Waals surface area (Å²) >= 11 is 3.15. The molecule has 0 amide bonds. The van der Waals surface area contributed by atoms with Crippen LogP contribution in [0.1, 0.15) is 28.9 Å². The number of aromatic nitrogens is 1. The highest BCUT2D eigenvalue weighted by atomic mass is 79.9. The van der Waals surface area contributed by atoms with Crippen molar-refractivity contribution in [2.75, 3.05) is 0 Å². The molecule has 1 rings (SSSR count). The number of rotatable bonds is 3. The Morgan fingerprint density at radius 1 is 1.57 bits per heavy atom. The lowest BCUT2D eigenvalue weighted by Crippen LogP contribution is -2.04. The predicted molar refractivity (Wildman–Crippen MR) is 52.5 cm³/mol. The van der Waals surface area contributed by atoms with E-state index in [-0.39, 0.29) is 11.3 Å². The maximum atomic E-state index is 12.5. The average molecular weight is 266 g/mol. The van der Waals surface area contributed by atoms with Crippen LogP contribution in [-0.2, 0) is 11.9 Å². The van der Waals surface area contributed by atoms with Gasteiger partial charge in [-0.05, 0) is 18.6 Å². The molecule has 0 aliphatic heterocycles. The summed E-state index contributed by atoms with van der Waals surface area (Å²) in [6.45, 7) is 1.28. The second kappa shape index (κ2) is 4.79. The molecule has 1 aromatic heterocycles. The van der Waals surface area contributed by atoms with E-state index in [0.717, 1.165) is 0 Å². The number of halogens is 3. The number of alkyl halides is 3. The molecular formula is C9H10BrF2NO. The fourth-order valence-electron chi connectivity index (χ4n) is 1.25. The largest absolute Gasteiger partial charge is 0.392 e. The lowest BCUT2D eigenvalue weighted by molar-refractivity contribution is 0.141. The summed E-state index contributed by atoms with van der Waals surface area (Å²) < 4.78 is 25.0. The van der Waals surface area contributed by atoms with Gasteiger partial charge in [-0.2, -0.15) is 0 Å². The van der Waals surface area contributed by atoms with Crippen molar-refractivity contribution < 1.29 is 13.9 Å². The van der Waals surface area contributed by atoms with E-state index in [2.05, 4.69) is 20.9 Å². The van der Waals surface area contributed by atoms with Crippen LogP contribution in [0.2, 0.25) is 0 Å². The molecule has 5 heteroatoms. The Labute approximate surface area is 89.1 Å². The van der Waals surface area contributed by atoms with Crippen molar-refractivity contribution in [2.24, 2.45) is 0 Å². The molecule has 1 heterocycles. The minimum Gasteiger partial charge on any atom is -0.392 e. The van der Waals surface area contributed by atoms with Crippen LogP contribution in [-0.4, -0.2) is 10.1 Å². The van der Waals surface area contributed by atoms with E-state index in [1.54, 1.807) is 13.0 Å². The van der Waals surface area contributed by atoms with E-state index in [9.17, 15) is 8.78 Å². The van der Waals surface area contributed by atoms with Crippen LogP contribution in [0, 0.1) is 6.92 Å². The number of aliphatic hydroxyl groups excluding tert-OH is 1. The third-order valence-corrected chi connectivity index (χ3v) is 2.51. The molecule has 0 unspecified atom stereocenters. The van der Waals surface area contributed by atoms with E-state index in [1.165, 1.54) is 0 Å². The molecule has 78 valence electrons. The van der Waals surface area contributed by atoms with E-state index in [0.29, 0.717) is 16.6 Å². The topological polar surface area (TPSA) is 33.1 Å². The zero-order valence-electron chi connectivity index (χ0n) is 7.60. The fourth-order valence-corrected chi connectivity index (χ4v) is 1.54. The van der Waals surface area contributed by atoms with Gasteiger partial charge >= 0.3 is 0 Å². The van der Waals surface area contributed by atoms with E-state index >= 15 is 0 Å². The van der Waals surface area contributed by atoms with Gasteiger partial charge in [0.05, 0.1) is 12.3 Å². The quantitative estimate of drug-likeness (QED) is 0.853. The van der Waals surface area contributed by atoms with Crippen molar-refractivity contribution in [3.8, 4) is 0 Å². The Balaban J connectivity index is 3.28. The lowest BCUT2D eigenvalue weighted by Gasteiger charge is -2.10. The molecule has 2 nitrogen and oxygen atoms in total. The Bertz CT molecular complexity index is 331. The summed E-state index contributed by atoms with van der Waals surface area (Å²) in [4.78, 5) is 3.77. The molecule has 0 spiro atoms. The van der Waals surface area contributed by atoms with Gasteiger partial charge in [-0.25, -0.2) is 8.78 Å². The molecule has 0 aliphatic carbocycles. The smallest absolute Gasteiger partial charge is 0.280 e. The summed E-state index contributed by atoms with van der Waals surface area (Å²) in [5.41, 5.74) is 1.11. The third kappa shape index (κ3) is 2.27. The van der Waals surface area contributed by atoms with Crippen LogP contribution in [0.25, 0.3) is 0 Å². The Morgan fingerprint density at radius 3 is 2.64 bits per heavy atom. The van der Waals surface area contributed by atoms with Crippen LogP contribution in [0.15, 0.2) is 6.07 Å². The third-order valence-electron chi connectivity index (χ3n) is 1.93. The first-order valence-electron chi connectivity index (χ1n) is 4.04. The van der Waals surface area contributed by atoms with Gasteiger partial charge in [0.25, 0.3) is 6.43 Å². The van der Waals surface area contributed by atoms with E-state index in [4.69, 9.17) is 5.11 Å². The molecule has 0 saturated carbocycles. The van der Waals surface area contributed by atoms with Gasteiger partial charge in [0, 0.05) is 10.9 Å². The summed E-state index contributed by atoms with van der Waals surface area (Å²) in [5.74, 6) is 0. The first-order valence-corrected chi connectivity index (χ1v) is 5.16. The van der Waals surface area contributed by atoms with Gasteiger partial charge in [0.1, 0.15) is 5.69 Å². The summed E-state index contributed by atoms with van der Waals surface area (Å²) in [6, 6.07) is 1.69. The lowest BCUT2D eigenvalue weighted by atomic mass is 10.1.